The van der Waals surface area contributed by atoms with E-state index < -0.39 is 33.7 Å². The number of benzene rings is 1. The van der Waals surface area contributed by atoms with Crippen LogP contribution in [0.1, 0.15) is 19.4 Å². The molecule has 2 N–H and O–H groups in total. The standard InChI is InChI=1S/C15H22N2O5S/c1-3-17(4-2)23(21,22)11-14(18)16-13(15(19)20)10-12-8-6-5-7-9-12/h5-9,13H,3-4,10-11H2,1-2H3,(H,16,18)(H,19,20). The summed E-state index contributed by atoms with van der Waals surface area (Å²) in [5.41, 5.74) is 0.742. The molecule has 0 aliphatic rings. The topological polar surface area (TPSA) is 104 Å². The third-order valence-corrected chi connectivity index (χ3v) is 5.26. The second kappa shape index (κ2) is 8.64. The largest absolute Gasteiger partial charge is 0.480 e. The quantitative estimate of drug-likeness (QED) is 0.679. The van der Waals surface area contributed by atoms with E-state index in [-0.39, 0.29) is 19.5 Å². The van der Waals surface area contributed by atoms with Gasteiger partial charge in [0, 0.05) is 19.5 Å². The summed E-state index contributed by atoms with van der Waals surface area (Å²) in [7, 11) is -3.74. The number of amides is 1. The van der Waals surface area contributed by atoms with Gasteiger partial charge in [-0.05, 0) is 5.56 Å². The molecule has 0 saturated heterocycles. The fourth-order valence-corrected chi connectivity index (χ4v) is 3.54. The third kappa shape index (κ3) is 5.99. The summed E-state index contributed by atoms with van der Waals surface area (Å²) < 4.78 is 25.2. The number of nitrogens with one attached hydrogen (secondary N) is 1. The Morgan fingerprint density at radius 2 is 1.74 bits per heavy atom. The lowest BCUT2D eigenvalue weighted by atomic mass is 10.1. The molecule has 1 amide bonds. The Labute approximate surface area is 136 Å². The van der Waals surface area contributed by atoms with Gasteiger partial charge >= 0.3 is 5.97 Å². The maximum Gasteiger partial charge on any atom is 0.326 e. The second-order valence-electron chi connectivity index (χ2n) is 4.99. The average Bonchev–Trinajstić information content (AvgIpc) is 2.47. The Hall–Kier alpha value is -1.93. The molecule has 0 aliphatic heterocycles. The molecule has 0 radical (unpaired) electrons. The van der Waals surface area contributed by atoms with E-state index in [9.17, 15) is 23.1 Å². The number of carbonyl (C=O) groups is 2. The van der Waals surface area contributed by atoms with Gasteiger partial charge < -0.3 is 10.4 Å². The number of aliphatic carboxylic acids is 1. The maximum absolute atomic E-state index is 12.0. The summed E-state index contributed by atoms with van der Waals surface area (Å²) in [6.45, 7) is 3.87. The number of nitrogens with zero attached hydrogens (tertiary/aromatic N) is 1. The molecule has 128 valence electrons. The van der Waals surface area contributed by atoms with Crippen molar-refractivity contribution >= 4 is 21.9 Å². The number of sulfonamides is 1. The van der Waals surface area contributed by atoms with Crippen molar-refractivity contribution in [1.82, 2.24) is 9.62 Å². The van der Waals surface area contributed by atoms with Crippen molar-refractivity contribution in [3.05, 3.63) is 35.9 Å². The van der Waals surface area contributed by atoms with Gasteiger partial charge in [0.25, 0.3) is 0 Å². The number of carboxylic acid groups (broad SMARTS) is 1. The van der Waals surface area contributed by atoms with Crippen LogP contribution in [-0.4, -0.2) is 54.6 Å². The lowest BCUT2D eigenvalue weighted by Gasteiger charge is -2.19. The van der Waals surface area contributed by atoms with Crippen molar-refractivity contribution in [2.75, 3.05) is 18.8 Å². The molecular formula is C15H22N2O5S. The lowest BCUT2D eigenvalue weighted by Crippen LogP contribution is -2.46. The van der Waals surface area contributed by atoms with E-state index in [4.69, 9.17) is 0 Å². The molecule has 0 aromatic heterocycles. The summed E-state index contributed by atoms with van der Waals surface area (Å²) in [4.78, 5) is 23.2. The van der Waals surface area contributed by atoms with E-state index in [0.717, 1.165) is 5.56 Å². The van der Waals surface area contributed by atoms with E-state index in [0.29, 0.717) is 0 Å². The van der Waals surface area contributed by atoms with Gasteiger partial charge in [0.1, 0.15) is 11.8 Å². The van der Waals surface area contributed by atoms with Crippen LogP contribution < -0.4 is 5.32 Å². The van der Waals surface area contributed by atoms with Crippen molar-refractivity contribution in [2.24, 2.45) is 0 Å². The van der Waals surface area contributed by atoms with Crippen LogP contribution in [0.5, 0.6) is 0 Å². The summed E-state index contributed by atoms with van der Waals surface area (Å²) in [6.07, 6.45) is 0.0905. The Bertz CT molecular complexity index is 627. The van der Waals surface area contributed by atoms with E-state index in [1.165, 1.54) is 4.31 Å². The zero-order chi connectivity index (χ0) is 17.5. The molecule has 7 nitrogen and oxygen atoms in total. The minimum absolute atomic E-state index is 0.0905. The van der Waals surface area contributed by atoms with E-state index >= 15 is 0 Å². The van der Waals surface area contributed by atoms with Gasteiger partial charge in [0.2, 0.25) is 15.9 Å². The molecule has 0 bridgehead atoms. The SMILES string of the molecule is CCN(CC)S(=O)(=O)CC(=O)NC(Cc1ccccc1)C(=O)O. The predicted molar refractivity (Wildman–Crippen MR) is 86.4 cm³/mol. The van der Waals surface area contributed by atoms with Gasteiger partial charge in [-0.15, -0.1) is 0 Å². The molecule has 8 heteroatoms. The zero-order valence-electron chi connectivity index (χ0n) is 13.2. The first-order valence-corrected chi connectivity index (χ1v) is 8.95. The summed E-state index contributed by atoms with van der Waals surface area (Å²) in [5, 5.41) is 11.5. The molecule has 0 aliphatic carbocycles. The molecule has 0 spiro atoms. The minimum atomic E-state index is -3.74. The first-order chi connectivity index (χ1) is 10.8. The first kappa shape index (κ1) is 19.1. The van der Waals surface area contributed by atoms with Gasteiger partial charge in [-0.3, -0.25) is 4.79 Å². The molecule has 0 fully saturated rings. The molecule has 1 aromatic rings. The Balaban J connectivity index is 2.74. The van der Waals surface area contributed by atoms with Crippen LogP contribution in [0.25, 0.3) is 0 Å². The molecule has 1 rings (SSSR count). The van der Waals surface area contributed by atoms with Crippen molar-refractivity contribution in [1.29, 1.82) is 0 Å². The lowest BCUT2D eigenvalue weighted by molar-refractivity contribution is -0.141. The van der Waals surface area contributed by atoms with Crippen molar-refractivity contribution < 1.29 is 23.1 Å². The van der Waals surface area contributed by atoms with E-state index in [1.54, 1.807) is 44.2 Å². The molecule has 1 atom stereocenters. The number of rotatable bonds is 9. The van der Waals surface area contributed by atoms with Crippen LogP contribution in [0.3, 0.4) is 0 Å². The molecule has 0 saturated carbocycles. The predicted octanol–water partition coefficient (Wildman–Crippen LogP) is 0.470. The van der Waals surface area contributed by atoms with Crippen molar-refractivity contribution in [2.45, 2.75) is 26.3 Å². The molecule has 0 heterocycles. The smallest absolute Gasteiger partial charge is 0.326 e. The van der Waals surface area contributed by atoms with Crippen LogP contribution in [0.4, 0.5) is 0 Å². The van der Waals surface area contributed by atoms with Gasteiger partial charge in [0.05, 0.1) is 0 Å². The van der Waals surface area contributed by atoms with E-state index in [2.05, 4.69) is 5.32 Å². The molecule has 1 aromatic carbocycles. The molecular weight excluding hydrogens is 320 g/mol. The first-order valence-electron chi connectivity index (χ1n) is 7.34. The molecule has 23 heavy (non-hydrogen) atoms. The Kier molecular flexibility index (Phi) is 7.18. The average molecular weight is 342 g/mol. The highest BCUT2D eigenvalue weighted by molar-refractivity contribution is 7.89. The summed E-state index contributed by atoms with van der Waals surface area (Å²) in [5.74, 6) is -2.78. The highest BCUT2D eigenvalue weighted by Gasteiger charge is 2.26. The number of hydrogen-bond donors (Lipinski definition) is 2. The number of hydrogen-bond acceptors (Lipinski definition) is 4. The van der Waals surface area contributed by atoms with Gasteiger partial charge in [-0.25, -0.2) is 17.5 Å². The minimum Gasteiger partial charge on any atom is -0.480 e. The van der Waals surface area contributed by atoms with Crippen LogP contribution in [-0.2, 0) is 26.0 Å². The van der Waals surface area contributed by atoms with Crippen LogP contribution in [0, 0.1) is 0 Å². The van der Waals surface area contributed by atoms with E-state index in [1.807, 2.05) is 0 Å². The van der Waals surface area contributed by atoms with Gasteiger partial charge in [0.15, 0.2) is 0 Å². The fraction of sp³-hybridized carbons (Fsp3) is 0.467. The monoisotopic (exact) mass is 342 g/mol. The van der Waals surface area contributed by atoms with Gasteiger partial charge in [-0.1, -0.05) is 44.2 Å². The van der Waals surface area contributed by atoms with Crippen LogP contribution in [0.2, 0.25) is 0 Å². The van der Waals surface area contributed by atoms with Crippen LogP contribution in [0.15, 0.2) is 30.3 Å². The van der Waals surface area contributed by atoms with Gasteiger partial charge in [-0.2, -0.15) is 0 Å². The maximum atomic E-state index is 12.0. The summed E-state index contributed by atoms with van der Waals surface area (Å²) in [6, 6.07) is 7.65. The number of carbonyl (C=O) groups excluding carboxylic acids is 1. The zero-order valence-corrected chi connectivity index (χ0v) is 14.0. The number of carboxylic acids is 1. The highest BCUT2D eigenvalue weighted by Crippen LogP contribution is 2.05. The van der Waals surface area contributed by atoms with Crippen LogP contribution >= 0.6 is 0 Å². The molecule has 1 unspecified atom stereocenters. The Morgan fingerprint density at radius 3 is 2.22 bits per heavy atom. The highest BCUT2D eigenvalue weighted by atomic mass is 32.2. The fourth-order valence-electron chi connectivity index (χ4n) is 2.16. The van der Waals surface area contributed by atoms with Crippen molar-refractivity contribution in [3.63, 3.8) is 0 Å². The van der Waals surface area contributed by atoms with Crippen molar-refractivity contribution in [3.8, 4) is 0 Å². The third-order valence-electron chi connectivity index (χ3n) is 3.33. The summed E-state index contributed by atoms with van der Waals surface area (Å²) >= 11 is 0. The second-order valence-corrected chi connectivity index (χ2v) is 6.96. The normalized spacial score (nSPS) is 12.8. The Morgan fingerprint density at radius 1 is 1.17 bits per heavy atom.